The first kappa shape index (κ1) is 12.8. The van der Waals surface area contributed by atoms with Crippen LogP contribution in [0.15, 0.2) is 18.2 Å². The highest BCUT2D eigenvalue weighted by atomic mass is 19.2. The van der Waals surface area contributed by atoms with Gasteiger partial charge >= 0.3 is 5.97 Å². The summed E-state index contributed by atoms with van der Waals surface area (Å²) < 4.78 is 26.5. The molecule has 0 spiro atoms. The van der Waals surface area contributed by atoms with Crippen LogP contribution in [0.1, 0.15) is 25.7 Å². The highest BCUT2D eigenvalue weighted by Gasteiger charge is 2.27. The molecule has 0 saturated heterocycles. The Labute approximate surface area is 104 Å². The molecule has 1 saturated carbocycles. The number of anilines is 1. The van der Waals surface area contributed by atoms with Crippen molar-refractivity contribution in [1.82, 2.24) is 0 Å². The minimum absolute atomic E-state index is 0.103. The molecule has 98 valence electrons. The van der Waals surface area contributed by atoms with Crippen LogP contribution < -0.4 is 5.32 Å². The number of carbonyl (C=O) groups is 1. The maximum absolute atomic E-state index is 13.5. The number of carboxylic acids is 1. The molecular weight excluding hydrogens is 240 g/mol. The van der Waals surface area contributed by atoms with Crippen LogP contribution >= 0.6 is 0 Å². The van der Waals surface area contributed by atoms with Crippen LogP contribution in [-0.4, -0.2) is 17.1 Å². The van der Waals surface area contributed by atoms with E-state index < -0.39 is 23.5 Å². The van der Waals surface area contributed by atoms with E-state index >= 15 is 0 Å². The molecule has 0 aromatic heterocycles. The molecule has 2 atom stereocenters. The van der Waals surface area contributed by atoms with Crippen molar-refractivity contribution < 1.29 is 18.7 Å². The lowest BCUT2D eigenvalue weighted by molar-refractivity contribution is -0.142. The summed E-state index contributed by atoms with van der Waals surface area (Å²) >= 11 is 0. The van der Waals surface area contributed by atoms with Gasteiger partial charge in [0.2, 0.25) is 0 Å². The third-order valence-electron chi connectivity index (χ3n) is 3.33. The number of rotatable bonds is 3. The first-order valence-electron chi connectivity index (χ1n) is 6.01. The topological polar surface area (TPSA) is 49.3 Å². The number of aliphatic carboxylic acids is 1. The monoisotopic (exact) mass is 255 g/mol. The van der Waals surface area contributed by atoms with Gasteiger partial charge in [0, 0.05) is 6.04 Å². The summed E-state index contributed by atoms with van der Waals surface area (Å²) in [7, 11) is 0. The van der Waals surface area contributed by atoms with Gasteiger partial charge in [-0.25, -0.2) is 8.78 Å². The second-order valence-electron chi connectivity index (χ2n) is 4.64. The quantitative estimate of drug-likeness (QED) is 0.872. The molecule has 1 aliphatic carbocycles. The lowest BCUT2D eigenvalue weighted by Crippen LogP contribution is -2.31. The van der Waals surface area contributed by atoms with Gasteiger partial charge in [-0.15, -0.1) is 0 Å². The molecule has 0 heterocycles. The molecule has 18 heavy (non-hydrogen) atoms. The molecule has 2 N–H and O–H groups in total. The Morgan fingerprint density at radius 3 is 2.83 bits per heavy atom. The predicted molar refractivity (Wildman–Crippen MR) is 63.4 cm³/mol. The van der Waals surface area contributed by atoms with Crippen molar-refractivity contribution in [2.75, 3.05) is 5.32 Å². The molecule has 5 heteroatoms. The molecule has 2 rings (SSSR count). The molecule has 2 unspecified atom stereocenters. The number of hydrogen-bond acceptors (Lipinski definition) is 2. The van der Waals surface area contributed by atoms with Crippen molar-refractivity contribution in [3.8, 4) is 0 Å². The highest BCUT2D eigenvalue weighted by molar-refractivity contribution is 5.70. The summed E-state index contributed by atoms with van der Waals surface area (Å²) in [5.74, 6) is -3.02. The van der Waals surface area contributed by atoms with Crippen molar-refractivity contribution >= 4 is 11.7 Å². The highest BCUT2D eigenvalue weighted by Crippen LogP contribution is 2.28. The summed E-state index contributed by atoms with van der Waals surface area (Å²) in [6, 6.07) is 3.83. The third kappa shape index (κ3) is 2.78. The molecule has 1 aromatic rings. The van der Waals surface area contributed by atoms with Gasteiger partial charge in [0.25, 0.3) is 0 Å². The number of carboxylic acid groups (broad SMARTS) is 1. The zero-order valence-corrected chi connectivity index (χ0v) is 9.83. The molecule has 1 aromatic carbocycles. The molecular formula is C13H15F2NO2. The van der Waals surface area contributed by atoms with Gasteiger partial charge in [-0.3, -0.25) is 4.79 Å². The molecule has 1 fully saturated rings. The largest absolute Gasteiger partial charge is 0.481 e. The summed E-state index contributed by atoms with van der Waals surface area (Å²) in [5.41, 5.74) is 0.103. The van der Waals surface area contributed by atoms with Gasteiger partial charge in [-0.05, 0) is 31.4 Å². The van der Waals surface area contributed by atoms with Crippen LogP contribution in [0, 0.1) is 17.6 Å². The van der Waals surface area contributed by atoms with Crippen molar-refractivity contribution in [1.29, 1.82) is 0 Å². The Bertz CT molecular complexity index is 451. The average molecular weight is 255 g/mol. The van der Waals surface area contributed by atoms with Gasteiger partial charge in [-0.2, -0.15) is 0 Å². The van der Waals surface area contributed by atoms with E-state index in [0.717, 1.165) is 18.9 Å². The van der Waals surface area contributed by atoms with Gasteiger partial charge in [0.1, 0.15) is 0 Å². The lowest BCUT2D eigenvalue weighted by atomic mass is 9.85. The van der Waals surface area contributed by atoms with E-state index in [9.17, 15) is 13.6 Å². The van der Waals surface area contributed by atoms with Crippen LogP contribution in [-0.2, 0) is 4.79 Å². The zero-order valence-electron chi connectivity index (χ0n) is 9.83. The molecule has 0 amide bonds. The minimum atomic E-state index is -0.907. The zero-order chi connectivity index (χ0) is 13.1. The third-order valence-corrected chi connectivity index (χ3v) is 3.33. The summed E-state index contributed by atoms with van der Waals surface area (Å²) in [5, 5.41) is 11.9. The summed E-state index contributed by atoms with van der Waals surface area (Å²) in [4.78, 5) is 10.9. The number of benzene rings is 1. The van der Waals surface area contributed by atoms with Crippen molar-refractivity contribution in [2.24, 2.45) is 5.92 Å². The van der Waals surface area contributed by atoms with E-state index in [4.69, 9.17) is 5.11 Å². The van der Waals surface area contributed by atoms with Crippen LogP contribution in [0.25, 0.3) is 0 Å². The molecule has 1 aliphatic rings. The van der Waals surface area contributed by atoms with Crippen molar-refractivity contribution in [2.45, 2.75) is 31.7 Å². The van der Waals surface area contributed by atoms with Crippen LogP contribution in [0.5, 0.6) is 0 Å². The summed E-state index contributed by atoms with van der Waals surface area (Å²) in [6.07, 6.45) is 2.66. The van der Waals surface area contributed by atoms with E-state index in [1.807, 2.05) is 0 Å². The van der Waals surface area contributed by atoms with E-state index in [1.54, 1.807) is 0 Å². The van der Waals surface area contributed by atoms with Gasteiger partial charge in [-0.1, -0.05) is 12.5 Å². The van der Waals surface area contributed by atoms with E-state index in [2.05, 4.69) is 5.32 Å². The second kappa shape index (κ2) is 5.33. The van der Waals surface area contributed by atoms with Crippen LogP contribution in [0.4, 0.5) is 14.5 Å². The van der Waals surface area contributed by atoms with Crippen molar-refractivity contribution in [3.05, 3.63) is 29.8 Å². The molecule has 0 bridgehead atoms. The number of halogens is 2. The Morgan fingerprint density at radius 2 is 2.11 bits per heavy atom. The Morgan fingerprint density at radius 1 is 1.33 bits per heavy atom. The van der Waals surface area contributed by atoms with Gasteiger partial charge in [0.15, 0.2) is 11.6 Å². The fourth-order valence-electron chi connectivity index (χ4n) is 2.38. The fraction of sp³-hybridized carbons (Fsp3) is 0.462. The Balaban J connectivity index is 2.05. The Kier molecular flexibility index (Phi) is 3.79. The number of nitrogens with one attached hydrogen (secondary N) is 1. The first-order valence-corrected chi connectivity index (χ1v) is 6.01. The smallest absolute Gasteiger partial charge is 0.306 e. The average Bonchev–Trinajstić information content (AvgIpc) is 2.35. The maximum atomic E-state index is 13.5. The Hall–Kier alpha value is -1.65. The van der Waals surface area contributed by atoms with E-state index in [1.165, 1.54) is 12.1 Å². The van der Waals surface area contributed by atoms with E-state index in [0.29, 0.717) is 12.8 Å². The normalized spacial score (nSPS) is 23.7. The van der Waals surface area contributed by atoms with Crippen molar-refractivity contribution in [3.63, 3.8) is 0 Å². The predicted octanol–water partition coefficient (Wildman–Crippen LogP) is 3.02. The van der Waals surface area contributed by atoms with Crippen LogP contribution in [0.3, 0.4) is 0 Å². The standard InChI is InChI=1S/C13H15F2NO2/c14-10-5-2-6-11(12(10)15)16-9-4-1-3-8(7-9)13(17)18/h2,5-6,8-9,16H,1,3-4,7H2,(H,17,18). The second-order valence-corrected chi connectivity index (χ2v) is 4.64. The van der Waals surface area contributed by atoms with Gasteiger partial charge < -0.3 is 10.4 Å². The summed E-state index contributed by atoms with van der Waals surface area (Å²) in [6.45, 7) is 0. The van der Waals surface area contributed by atoms with Gasteiger partial charge in [0.05, 0.1) is 11.6 Å². The first-order chi connectivity index (χ1) is 8.58. The fourth-order valence-corrected chi connectivity index (χ4v) is 2.38. The van der Waals surface area contributed by atoms with E-state index in [-0.39, 0.29) is 11.7 Å². The maximum Gasteiger partial charge on any atom is 0.306 e. The van der Waals surface area contributed by atoms with Crippen LogP contribution in [0.2, 0.25) is 0 Å². The lowest BCUT2D eigenvalue weighted by Gasteiger charge is -2.28. The molecule has 3 nitrogen and oxygen atoms in total. The number of hydrogen-bond donors (Lipinski definition) is 2. The minimum Gasteiger partial charge on any atom is -0.481 e. The molecule has 0 aliphatic heterocycles. The molecule has 0 radical (unpaired) electrons. The SMILES string of the molecule is O=C(O)C1CCCC(Nc2cccc(F)c2F)C1.